The topological polar surface area (TPSA) is 55.8 Å². The molecule has 5 rings (SSSR count). The van der Waals surface area contributed by atoms with Crippen LogP contribution in [0, 0.1) is 0 Å². The highest BCUT2D eigenvalue weighted by Gasteiger charge is 2.37. The maximum atomic E-state index is 13.4. The van der Waals surface area contributed by atoms with Gasteiger partial charge < -0.3 is 9.47 Å². The molecule has 0 aromatic heterocycles. The summed E-state index contributed by atoms with van der Waals surface area (Å²) in [4.78, 5) is 0.424. The van der Waals surface area contributed by atoms with Gasteiger partial charge in [0.05, 0.1) is 10.9 Å². The normalized spacial score (nSPS) is 22.0. The van der Waals surface area contributed by atoms with E-state index in [4.69, 9.17) is 9.47 Å². The van der Waals surface area contributed by atoms with Crippen LogP contribution in [0.15, 0.2) is 41.3 Å². The van der Waals surface area contributed by atoms with Crippen LogP contribution in [0.1, 0.15) is 42.0 Å². The quantitative estimate of drug-likeness (QED) is 0.812. The molecule has 3 aliphatic rings. The van der Waals surface area contributed by atoms with Crippen LogP contribution in [0.25, 0.3) is 0 Å². The van der Waals surface area contributed by atoms with E-state index in [-0.39, 0.29) is 6.04 Å². The summed E-state index contributed by atoms with van der Waals surface area (Å²) < 4.78 is 39.7. The number of fused-ring (bicyclic) bond motifs is 2. The molecular weight excluding hydrogens is 362 g/mol. The van der Waals surface area contributed by atoms with Crippen LogP contribution in [0.2, 0.25) is 0 Å². The van der Waals surface area contributed by atoms with Crippen molar-refractivity contribution in [3.05, 3.63) is 53.1 Å². The predicted molar refractivity (Wildman–Crippen MR) is 102 cm³/mol. The van der Waals surface area contributed by atoms with Crippen LogP contribution in [0.5, 0.6) is 11.5 Å². The van der Waals surface area contributed by atoms with Gasteiger partial charge >= 0.3 is 0 Å². The van der Waals surface area contributed by atoms with Gasteiger partial charge in [-0.15, -0.1) is 0 Å². The highest BCUT2D eigenvalue weighted by Crippen LogP contribution is 2.40. The van der Waals surface area contributed by atoms with Gasteiger partial charge in [-0.3, -0.25) is 0 Å². The largest absolute Gasteiger partial charge is 0.486 e. The van der Waals surface area contributed by atoms with Gasteiger partial charge in [0.15, 0.2) is 11.5 Å². The summed E-state index contributed by atoms with van der Waals surface area (Å²) in [5, 5.41) is 0. The van der Waals surface area contributed by atoms with Crippen LogP contribution in [-0.4, -0.2) is 32.5 Å². The van der Waals surface area contributed by atoms with Gasteiger partial charge in [0.2, 0.25) is 10.0 Å². The lowest BCUT2D eigenvalue weighted by atomic mass is 10.0. The van der Waals surface area contributed by atoms with Gasteiger partial charge in [0.1, 0.15) is 13.2 Å². The second-order valence-electron chi connectivity index (χ2n) is 7.46. The third-order valence-corrected chi connectivity index (χ3v) is 7.74. The Morgan fingerprint density at radius 2 is 1.70 bits per heavy atom. The second-order valence-corrected chi connectivity index (χ2v) is 9.35. The molecule has 0 bridgehead atoms. The van der Waals surface area contributed by atoms with E-state index in [1.807, 2.05) is 30.3 Å². The fourth-order valence-corrected chi connectivity index (χ4v) is 6.21. The lowest BCUT2D eigenvalue weighted by Gasteiger charge is -2.26. The number of hydrogen-bond acceptors (Lipinski definition) is 4. The predicted octanol–water partition coefficient (Wildman–Crippen LogP) is 3.47. The first-order valence-electron chi connectivity index (χ1n) is 9.66. The Bertz CT molecular complexity index is 986. The molecule has 6 heteroatoms. The molecule has 0 amide bonds. The van der Waals surface area contributed by atoms with Crippen molar-refractivity contribution in [3.8, 4) is 11.5 Å². The number of rotatable bonds is 3. The Hall–Kier alpha value is -2.05. The third-order valence-electron chi connectivity index (χ3n) is 5.83. The Balaban J connectivity index is 1.48. The van der Waals surface area contributed by atoms with Gasteiger partial charge in [0, 0.05) is 6.54 Å². The average Bonchev–Trinajstić information content (AvgIpc) is 3.36. The first kappa shape index (κ1) is 17.1. The van der Waals surface area contributed by atoms with Crippen LogP contribution in [-0.2, 0) is 22.9 Å². The van der Waals surface area contributed by atoms with Crippen molar-refractivity contribution in [1.29, 1.82) is 0 Å². The molecule has 1 saturated heterocycles. The van der Waals surface area contributed by atoms with Crippen molar-refractivity contribution < 1.29 is 17.9 Å². The first-order chi connectivity index (χ1) is 13.1. The van der Waals surface area contributed by atoms with Crippen molar-refractivity contribution in [2.24, 2.45) is 0 Å². The van der Waals surface area contributed by atoms with Crippen molar-refractivity contribution in [2.45, 2.75) is 43.0 Å². The molecule has 1 atom stereocenters. The zero-order valence-electron chi connectivity index (χ0n) is 15.2. The highest BCUT2D eigenvalue weighted by atomic mass is 32.2. The zero-order chi connectivity index (χ0) is 18.4. The summed E-state index contributed by atoms with van der Waals surface area (Å²) in [7, 11) is -3.52. The molecule has 0 N–H and O–H groups in total. The number of aryl methyl sites for hydroxylation is 2. The lowest BCUT2D eigenvalue weighted by molar-refractivity contribution is 0.171. The average molecular weight is 385 g/mol. The van der Waals surface area contributed by atoms with Crippen molar-refractivity contribution in [1.82, 2.24) is 4.31 Å². The Labute approximate surface area is 160 Å². The second kappa shape index (κ2) is 6.53. The molecule has 5 nitrogen and oxygen atoms in total. The maximum absolute atomic E-state index is 13.4. The molecule has 2 aromatic rings. The summed E-state index contributed by atoms with van der Waals surface area (Å²) in [6, 6.07) is 11.3. The minimum Gasteiger partial charge on any atom is -0.486 e. The molecular formula is C21H23NO4S. The van der Waals surface area contributed by atoms with E-state index in [9.17, 15) is 8.42 Å². The van der Waals surface area contributed by atoms with E-state index in [2.05, 4.69) is 0 Å². The van der Waals surface area contributed by atoms with E-state index in [0.717, 1.165) is 43.4 Å². The molecule has 27 heavy (non-hydrogen) atoms. The SMILES string of the molecule is O=S(=O)(c1ccc2c(c1)CCC2)N1CCC[C@H]1c1ccc2c(c1)OCCO2. The van der Waals surface area contributed by atoms with E-state index in [1.54, 1.807) is 10.4 Å². The Morgan fingerprint density at radius 3 is 2.59 bits per heavy atom. The fourth-order valence-electron chi connectivity index (χ4n) is 4.47. The van der Waals surface area contributed by atoms with Crippen molar-refractivity contribution in [2.75, 3.05) is 19.8 Å². The molecule has 142 valence electrons. The Morgan fingerprint density at radius 1 is 0.889 bits per heavy atom. The molecule has 1 fully saturated rings. The minimum absolute atomic E-state index is 0.154. The van der Waals surface area contributed by atoms with Crippen LogP contribution in [0.4, 0.5) is 0 Å². The van der Waals surface area contributed by atoms with E-state index in [1.165, 1.54) is 11.1 Å². The van der Waals surface area contributed by atoms with Gasteiger partial charge in [-0.25, -0.2) is 8.42 Å². The lowest BCUT2D eigenvalue weighted by Crippen LogP contribution is -2.31. The molecule has 2 aliphatic heterocycles. The van der Waals surface area contributed by atoms with Crippen molar-refractivity contribution >= 4 is 10.0 Å². The first-order valence-corrected chi connectivity index (χ1v) is 11.1. The number of hydrogen-bond donors (Lipinski definition) is 0. The molecule has 0 saturated carbocycles. The van der Waals surface area contributed by atoms with Crippen LogP contribution in [0.3, 0.4) is 0 Å². The molecule has 0 unspecified atom stereocenters. The third kappa shape index (κ3) is 2.91. The number of nitrogens with zero attached hydrogens (tertiary/aromatic N) is 1. The summed E-state index contributed by atoms with van der Waals surface area (Å²) in [5.41, 5.74) is 3.45. The maximum Gasteiger partial charge on any atom is 0.243 e. The molecule has 2 heterocycles. The minimum atomic E-state index is -3.52. The number of ether oxygens (including phenoxy) is 2. The standard InChI is InChI=1S/C21H23NO4S/c23-27(24,18-8-6-15-3-1-4-16(15)13-18)22-10-2-5-19(22)17-7-9-20-21(14-17)26-12-11-25-20/h6-9,13-14,19H,1-5,10-12H2/t19-/m0/s1. The summed E-state index contributed by atoms with van der Waals surface area (Å²) in [6.07, 6.45) is 4.83. The summed E-state index contributed by atoms with van der Waals surface area (Å²) >= 11 is 0. The van der Waals surface area contributed by atoms with Crippen LogP contribution < -0.4 is 9.47 Å². The molecule has 0 radical (unpaired) electrons. The smallest absolute Gasteiger partial charge is 0.243 e. The monoisotopic (exact) mass is 385 g/mol. The fraction of sp³-hybridized carbons (Fsp3) is 0.429. The van der Waals surface area contributed by atoms with Gasteiger partial charge in [0.25, 0.3) is 0 Å². The molecule has 0 spiro atoms. The molecule has 2 aromatic carbocycles. The summed E-state index contributed by atoms with van der Waals surface area (Å²) in [6.45, 7) is 1.63. The van der Waals surface area contributed by atoms with E-state index in [0.29, 0.717) is 30.4 Å². The van der Waals surface area contributed by atoms with Gasteiger partial charge in [-0.1, -0.05) is 12.1 Å². The molecule has 1 aliphatic carbocycles. The van der Waals surface area contributed by atoms with Gasteiger partial charge in [-0.2, -0.15) is 4.31 Å². The van der Waals surface area contributed by atoms with Crippen molar-refractivity contribution in [3.63, 3.8) is 0 Å². The zero-order valence-corrected chi connectivity index (χ0v) is 16.0. The van der Waals surface area contributed by atoms with Gasteiger partial charge in [-0.05, 0) is 73.1 Å². The van der Waals surface area contributed by atoms with Crippen LogP contribution >= 0.6 is 0 Å². The number of benzene rings is 2. The Kier molecular flexibility index (Phi) is 4.13. The van der Waals surface area contributed by atoms with E-state index < -0.39 is 10.0 Å². The summed E-state index contributed by atoms with van der Waals surface area (Å²) in [5.74, 6) is 1.44. The van der Waals surface area contributed by atoms with E-state index >= 15 is 0 Å². The highest BCUT2D eigenvalue weighted by molar-refractivity contribution is 7.89. The number of sulfonamides is 1.